The molecule has 3 aliphatic rings. The van der Waals surface area contributed by atoms with E-state index < -0.39 is 20.3 Å². The normalized spacial score (nSPS) is 27.7. The van der Waals surface area contributed by atoms with E-state index in [9.17, 15) is 0 Å². The van der Waals surface area contributed by atoms with Gasteiger partial charge in [-0.1, -0.05) is 0 Å². The fourth-order valence-electron chi connectivity index (χ4n) is 7.56. The first-order valence-corrected chi connectivity index (χ1v) is 16.6. The van der Waals surface area contributed by atoms with Crippen molar-refractivity contribution in [2.45, 2.75) is 103 Å². The van der Waals surface area contributed by atoms with Gasteiger partial charge in [0.05, 0.1) is 0 Å². The van der Waals surface area contributed by atoms with Crippen LogP contribution in [0.4, 0.5) is 0 Å². The molecule has 0 aromatic carbocycles. The number of rotatable bonds is 2. The van der Waals surface area contributed by atoms with Gasteiger partial charge in [-0.2, -0.15) is 0 Å². The Labute approximate surface area is 210 Å². The molecule has 2 atom stereocenters. The number of hydrogen-bond acceptors (Lipinski definition) is 0. The molecule has 0 saturated carbocycles. The fraction of sp³-hybridized carbons (Fsp3) is 0.714. The van der Waals surface area contributed by atoms with Crippen molar-refractivity contribution >= 4 is 0 Å². The van der Waals surface area contributed by atoms with Gasteiger partial charge < -0.3 is 24.8 Å². The first kappa shape index (κ1) is 29.5. The van der Waals surface area contributed by atoms with Gasteiger partial charge in [0.2, 0.25) is 0 Å². The van der Waals surface area contributed by atoms with Crippen molar-refractivity contribution in [3.8, 4) is 0 Å². The molecule has 0 aromatic heterocycles. The van der Waals surface area contributed by atoms with Crippen LogP contribution in [-0.4, -0.2) is 0 Å². The van der Waals surface area contributed by atoms with Crippen molar-refractivity contribution < 1.29 is 45.1 Å². The van der Waals surface area contributed by atoms with Gasteiger partial charge in [-0.25, -0.2) is 0 Å². The zero-order valence-corrected chi connectivity index (χ0v) is 26.5. The van der Waals surface area contributed by atoms with Crippen LogP contribution in [-0.2, 0) is 20.3 Å². The van der Waals surface area contributed by atoms with E-state index in [1.165, 1.54) is 0 Å². The zero-order chi connectivity index (χ0) is 22.5. The smallest absolute Gasteiger partial charge is 1.00 e. The molecule has 2 aliphatic carbocycles. The van der Waals surface area contributed by atoms with Crippen LogP contribution in [0.15, 0.2) is 41.0 Å². The van der Waals surface area contributed by atoms with E-state index in [1.807, 2.05) is 6.56 Å². The summed E-state index contributed by atoms with van der Waals surface area (Å²) in [4.78, 5) is 0. The third kappa shape index (κ3) is 3.71. The summed E-state index contributed by atoms with van der Waals surface area (Å²) in [7, 11) is 0. The van der Waals surface area contributed by atoms with Gasteiger partial charge in [0.1, 0.15) is 0 Å². The molecule has 1 aliphatic heterocycles. The van der Waals surface area contributed by atoms with Crippen LogP contribution in [0.25, 0.3) is 0 Å². The minimum Gasteiger partial charge on any atom is -1.00 e. The maximum atomic E-state index is 2.63. The second-order valence-corrected chi connectivity index (χ2v) is 25.8. The van der Waals surface area contributed by atoms with E-state index in [0.29, 0.717) is 18.1 Å². The molecule has 176 valence electrons. The quantitative estimate of drug-likeness (QED) is 0.500. The molecule has 31 heavy (non-hydrogen) atoms. The van der Waals surface area contributed by atoms with Crippen LogP contribution < -0.4 is 24.8 Å². The van der Waals surface area contributed by atoms with Crippen LogP contribution in [0, 0.1) is 22.7 Å². The van der Waals surface area contributed by atoms with Gasteiger partial charge in [0.15, 0.2) is 0 Å². The van der Waals surface area contributed by atoms with Crippen molar-refractivity contribution in [1.29, 1.82) is 0 Å². The van der Waals surface area contributed by atoms with Gasteiger partial charge >= 0.3 is 187 Å². The molecule has 0 N–H and O–H groups in total. The Hall–Kier alpha value is 0.423. The summed E-state index contributed by atoms with van der Waals surface area (Å²) in [6, 6.07) is 0. The third-order valence-corrected chi connectivity index (χ3v) is 28.9. The van der Waals surface area contributed by atoms with Gasteiger partial charge in [0.25, 0.3) is 0 Å². The van der Waals surface area contributed by atoms with Crippen molar-refractivity contribution in [3.05, 3.63) is 41.0 Å². The summed E-state index contributed by atoms with van der Waals surface area (Å²) in [6.45, 7) is 34.8. The molecule has 0 amide bonds. The maximum Gasteiger partial charge on any atom is -1.00 e. The van der Waals surface area contributed by atoms with Crippen LogP contribution in [0.2, 0.25) is 6.25 Å². The number of hydrogen-bond donors (Lipinski definition) is 0. The Morgan fingerprint density at radius 3 is 1.06 bits per heavy atom. The van der Waals surface area contributed by atoms with Gasteiger partial charge in [-0.3, -0.25) is 0 Å². The minimum atomic E-state index is -2.91. The van der Waals surface area contributed by atoms with Crippen molar-refractivity contribution in [1.82, 2.24) is 0 Å². The van der Waals surface area contributed by atoms with Crippen LogP contribution in [0.3, 0.4) is 0 Å². The molecular weight excluding hydrogens is 498 g/mol. The van der Waals surface area contributed by atoms with E-state index in [4.69, 9.17) is 0 Å². The predicted octanol–water partition coefficient (Wildman–Crippen LogP) is 3.35. The second-order valence-electron chi connectivity index (χ2n) is 13.3. The number of allylic oxidation sites excluding steroid dienone is 8. The molecule has 0 radical (unpaired) electrons. The molecule has 0 aromatic rings. The molecule has 1 heterocycles. The Morgan fingerprint density at radius 2 is 0.903 bits per heavy atom. The minimum absolute atomic E-state index is 0. The topological polar surface area (TPSA) is 0 Å². The molecule has 2 unspecified atom stereocenters. The van der Waals surface area contributed by atoms with Crippen molar-refractivity contribution in [2.75, 3.05) is 0 Å². The largest absolute Gasteiger partial charge is 1.00 e. The molecule has 1 fully saturated rings. The Morgan fingerprint density at radius 1 is 0.645 bits per heavy atom. The molecule has 1 saturated heterocycles. The Balaban J connectivity index is 0.00000240. The molecule has 3 rings (SSSR count). The van der Waals surface area contributed by atoms with Crippen molar-refractivity contribution in [3.63, 3.8) is 0 Å². The molecule has 0 bridgehead atoms. The zero-order valence-electron chi connectivity index (χ0n) is 22.6. The van der Waals surface area contributed by atoms with Crippen LogP contribution in [0.1, 0.15) is 96.9 Å². The van der Waals surface area contributed by atoms with Gasteiger partial charge in [-0.05, 0) is 0 Å². The Kier molecular flexibility index (Phi) is 7.86. The monoisotopic (exact) mass is 542 g/mol. The third-order valence-electron chi connectivity index (χ3n) is 9.16. The first-order chi connectivity index (χ1) is 12.8. The van der Waals surface area contributed by atoms with E-state index >= 15 is 0 Å². The summed E-state index contributed by atoms with van der Waals surface area (Å²) in [5.74, 6) is 1.21. The van der Waals surface area contributed by atoms with Gasteiger partial charge in [0, 0.05) is 0 Å². The molecular formula is C28H46Cl2Zr. The summed E-state index contributed by atoms with van der Waals surface area (Å²) < 4.78 is 4.76. The molecule has 0 nitrogen and oxygen atoms in total. The standard InChI is InChI=1S/2C11H17.C6H12.2ClH.Zr/c2*1-8-6-9(2)10(7-8)11(3,4)5;1-5(2)6(3)4;;;/h2*7-8H,1-5H3;1-4H3;2*1H;/q;;;;;+2/p-2. The average Bonchev–Trinajstić information content (AvgIpc) is 2.84. The van der Waals surface area contributed by atoms with Crippen molar-refractivity contribution in [2.24, 2.45) is 22.7 Å². The summed E-state index contributed by atoms with van der Waals surface area (Å²) in [6.07, 6.45) is 5.25. The van der Waals surface area contributed by atoms with E-state index in [2.05, 4.69) is 109 Å². The second kappa shape index (κ2) is 8.27. The van der Waals surface area contributed by atoms with E-state index in [0.717, 1.165) is 0 Å². The summed E-state index contributed by atoms with van der Waals surface area (Å²) in [5, 5.41) is 0. The predicted molar refractivity (Wildman–Crippen MR) is 127 cm³/mol. The SMILES string of the molecule is CC1=[C]([Zr+2]2([C]3=C(C)C(C(C)(C)C)=CC3C)[C](C)(C)[C]2(C)C)C(C)C=C1C(C)(C)C.[Cl-].[Cl-]. The summed E-state index contributed by atoms with van der Waals surface area (Å²) >= 11 is -2.91. The van der Waals surface area contributed by atoms with Gasteiger partial charge in [-0.15, -0.1) is 0 Å². The Bertz CT molecular complexity index is 805. The van der Waals surface area contributed by atoms with E-state index in [1.54, 1.807) is 22.3 Å². The average molecular weight is 545 g/mol. The first-order valence-electron chi connectivity index (χ1n) is 11.7. The van der Waals surface area contributed by atoms with E-state index in [-0.39, 0.29) is 35.6 Å². The number of halogens is 2. The van der Waals surface area contributed by atoms with Crippen LogP contribution >= 0.6 is 0 Å². The maximum absolute atomic E-state index is 2.91. The molecule has 3 heteroatoms. The van der Waals surface area contributed by atoms with Crippen LogP contribution in [0.5, 0.6) is 0 Å². The fourth-order valence-corrected chi connectivity index (χ4v) is 30.4. The summed E-state index contributed by atoms with van der Waals surface area (Å²) in [5.41, 5.74) is 7.02. The molecule has 0 spiro atoms.